The number of thioether (sulfide) groups is 1. The number of benzene rings is 3. The summed E-state index contributed by atoms with van der Waals surface area (Å²) in [6.45, 7) is 0. The summed E-state index contributed by atoms with van der Waals surface area (Å²) in [5.41, 5.74) is 3.34. The molecule has 0 spiro atoms. The third-order valence-corrected chi connectivity index (χ3v) is 6.96. The molecule has 0 aliphatic heterocycles. The quantitative estimate of drug-likeness (QED) is 0.244. The van der Waals surface area contributed by atoms with Gasteiger partial charge in [0.25, 0.3) is 5.91 Å². The molecule has 10 heteroatoms. The Morgan fingerprint density at radius 1 is 0.971 bits per heavy atom. The van der Waals surface area contributed by atoms with E-state index in [1.165, 1.54) is 23.1 Å². The van der Waals surface area contributed by atoms with Gasteiger partial charge in [0.1, 0.15) is 0 Å². The molecule has 0 aliphatic carbocycles. The Labute approximate surface area is 209 Å². The van der Waals surface area contributed by atoms with Gasteiger partial charge in [0.2, 0.25) is 11.0 Å². The molecule has 2 heterocycles. The van der Waals surface area contributed by atoms with Gasteiger partial charge in [-0.05, 0) is 29.8 Å². The van der Waals surface area contributed by atoms with Gasteiger partial charge in [0, 0.05) is 11.3 Å². The zero-order chi connectivity index (χ0) is 24.0. The number of carbonyl (C=O) groups excluding carboxylic acids is 1. The van der Waals surface area contributed by atoms with E-state index < -0.39 is 5.91 Å². The molecule has 2 aromatic heterocycles. The number of amides is 1. The predicted molar refractivity (Wildman–Crippen MR) is 135 cm³/mol. The highest BCUT2D eigenvalue weighted by molar-refractivity contribution is 8.00. The lowest BCUT2D eigenvalue weighted by Gasteiger charge is -2.05. The summed E-state index contributed by atoms with van der Waals surface area (Å²) in [5, 5.41) is 24.7. The van der Waals surface area contributed by atoms with Gasteiger partial charge < -0.3 is 0 Å². The van der Waals surface area contributed by atoms with E-state index in [4.69, 9.17) is 5.26 Å². The average Bonchev–Trinajstić information content (AvgIpc) is 3.56. The molecule has 35 heavy (non-hydrogen) atoms. The number of anilines is 1. The molecule has 1 amide bonds. The van der Waals surface area contributed by atoms with Crippen LogP contribution in [0.2, 0.25) is 0 Å². The second-order valence-electron chi connectivity index (χ2n) is 7.30. The maximum absolute atomic E-state index is 12.9. The minimum Gasteiger partial charge on any atom is -0.294 e. The Morgan fingerprint density at radius 3 is 2.40 bits per heavy atom. The van der Waals surface area contributed by atoms with Crippen LogP contribution in [0.5, 0.6) is 0 Å². The first kappa shape index (κ1) is 22.5. The second kappa shape index (κ2) is 10.3. The molecule has 0 saturated heterocycles. The van der Waals surface area contributed by atoms with Crippen LogP contribution >= 0.6 is 23.1 Å². The third-order valence-electron chi connectivity index (χ3n) is 4.92. The van der Waals surface area contributed by atoms with Crippen LogP contribution in [-0.4, -0.2) is 30.9 Å². The number of hydrogen-bond acceptors (Lipinski definition) is 8. The summed E-state index contributed by atoms with van der Waals surface area (Å²) in [6.07, 6.45) is 0. The molecule has 0 fully saturated rings. The molecule has 3 aromatic carbocycles. The summed E-state index contributed by atoms with van der Waals surface area (Å²) in [6, 6.07) is 28.6. The maximum Gasteiger partial charge on any atom is 0.297 e. The van der Waals surface area contributed by atoms with Crippen molar-refractivity contribution in [2.24, 2.45) is 0 Å². The number of hydrogen-bond donors (Lipinski definition) is 1. The number of para-hydroxylation sites is 1. The first-order valence-corrected chi connectivity index (χ1v) is 12.3. The van der Waals surface area contributed by atoms with Crippen molar-refractivity contribution in [2.75, 3.05) is 5.32 Å². The van der Waals surface area contributed by atoms with Gasteiger partial charge in [0.15, 0.2) is 10.2 Å². The van der Waals surface area contributed by atoms with Crippen LogP contribution in [0.3, 0.4) is 0 Å². The van der Waals surface area contributed by atoms with Crippen molar-refractivity contribution in [1.29, 1.82) is 5.26 Å². The first-order chi connectivity index (χ1) is 17.2. The van der Waals surface area contributed by atoms with Crippen molar-refractivity contribution in [2.45, 2.75) is 10.1 Å². The maximum atomic E-state index is 12.9. The fourth-order valence-corrected chi connectivity index (χ4v) is 4.93. The van der Waals surface area contributed by atoms with Gasteiger partial charge in [-0.15, -0.1) is 15.3 Å². The van der Waals surface area contributed by atoms with Crippen molar-refractivity contribution in [1.82, 2.24) is 25.0 Å². The molecular weight excluding hydrogens is 478 g/mol. The topological polar surface area (TPSA) is 109 Å². The lowest BCUT2D eigenvalue weighted by Crippen LogP contribution is -2.14. The van der Waals surface area contributed by atoms with Gasteiger partial charge >= 0.3 is 0 Å². The van der Waals surface area contributed by atoms with E-state index in [2.05, 4.69) is 31.7 Å². The van der Waals surface area contributed by atoms with Gasteiger partial charge in [-0.2, -0.15) is 5.26 Å². The summed E-state index contributed by atoms with van der Waals surface area (Å²) >= 11 is 2.79. The van der Waals surface area contributed by atoms with E-state index in [-0.39, 0.29) is 5.82 Å². The van der Waals surface area contributed by atoms with E-state index in [0.717, 1.165) is 21.2 Å². The minimum atomic E-state index is -0.461. The van der Waals surface area contributed by atoms with Gasteiger partial charge in [0.05, 0.1) is 17.3 Å². The first-order valence-electron chi connectivity index (χ1n) is 10.5. The fourth-order valence-electron chi connectivity index (χ4n) is 3.22. The zero-order valence-corrected chi connectivity index (χ0v) is 19.8. The van der Waals surface area contributed by atoms with Crippen molar-refractivity contribution < 1.29 is 4.79 Å². The molecule has 170 valence electrons. The number of rotatable bonds is 7. The molecule has 5 aromatic rings. The molecule has 0 saturated carbocycles. The summed E-state index contributed by atoms with van der Waals surface area (Å²) < 4.78 is 2.38. The van der Waals surface area contributed by atoms with E-state index in [1.807, 2.05) is 72.8 Å². The standard InChI is InChI=1S/C25H17N7OS2/c26-15-17-11-13-18(14-12-17)16-34-25-30-29-24(35-25)28-23(33)21-27-22(19-7-3-1-4-8-19)32(31-21)20-9-5-2-6-10-20/h1-14H,16H2,(H,28,29,33). The number of nitrogens with one attached hydrogen (secondary N) is 1. The third kappa shape index (κ3) is 5.27. The molecule has 0 bridgehead atoms. The minimum absolute atomic E-state index is 0.0368. The van der Waals surface area contributed by atoms with Gasteiger partial charge in [-0.25, -0.2) is 9.67 Å². The van der Waals surface area contributed by atoms with Crippen molar-refractivity contribution in [3.05, 3.63) is 102 Å². The molecule has 0 unspecified atom stereocenters. The molecule has 5 rings (SSSR count). The van der Waals surface area contributed by atoms with Crippen molar-refractivity contribution >= 4 is 34.1 Å². The SMILES string of the molecule is N#Cc1ccc(CSc2nnc(NC(=O)c3nc(-c4ccccc4)n(-c4ccccc4)n3)s2)cc1. The summed E-state index contributed by atoms with van der Waals surface area (Å²) in [4.78, 5) is 17.5. The Hall–Kier alpha value is -4.33. The molecule has 0 aliphatic rings. The molecule has 0 atom stereocenters. The predicted octanol–water partition coefficient (Wildman–Crippen LogP) is 5.20. The monoisotopic (exact) mass is 495 g/mol. The van der Waals surface area contributed by atoms with Crippen LogP contribution in [0.4, 0.5) is 5.13 Å². The van der Waals surface area contributed by atoms with Crippen molar-refractivity contribution in [3.63, 3.8) is 0 Å². The van der Waals surface area contributed by atoms with Crippen LogP contribution in [0, 0.1) is 11.3 Å². The van der Waals surface area contributed by atoms with Gasteiger partial charge in [-0.1, -0.05) is 83.8 Å². The molecule has 8 nitrogen and oxygen atoms in total. The van der Waals surface area contributed by atoms with Crippen LogP contribution in [0.1, 0.15) is 21.7 Å². The number of carbonyl (C=O) groups is 1. The Balaban J connectivity index is 1.31. The second-order valence-corrected chi connectivity index (χ2v) is 9.50. The molecule has 1 N–H and O–H groups in total. The summed E-state index contributed by atoms with van der Waals surface area (Å²) in [5.74, 6) is 0.821. The van der Waals surface area contributed by atoms with E-state index in [0.29, 0.717) is 22.3 Å². The smallest absolute Gasteiger partial charge is 0.294 e. The lowest BCUT2D eigenvalue weighted by atomic mass is 10.2. The highest BCUT2D eigenvalue weighted by atomic mass is 32.2. The number of aromatic nitrogens is 5. The number of nitriles is 1. The average molecular weight is 496 g/mol. The summed E-state index contributed by atoms with van der Waals surface area (Å²) in [7, 11) is 0. The number of nitrogens with zero attached hydrogens (tertiary/aromatic N) is 6. The molecular formula is C25H17N7OS2. The van der Waals surface area contributed by atoms with Gasteiger partial charge in [-0.3, -0.25) is 10.1 Å². The largest absolute Gasteiger partial charge is 0.297 e. The normalized spacial score (nSPS) is 10.6. The lowest BCUT2D eigenvalue weighted by molar-refractivity contribution is 0.101. The van der Waals surface area contributed by atoms with Crippen LogP contribution < -0.4 is 5.32 Å². The van der Waals surface area contributed by atoms with Crippen LogP contribution in [-0.2, 0) is 5.75 Å². The van der Waals surface area contributed by atoms with Crippen molar-refractivity contribution in [3.8, 4) is 23.1 Å². The van der Waals surface area contributed by atoms with E-state index in [1.54, 1.807) is 16.8 Å². The van der Waals surface area contributed by atoms with E-state index in [9.17, 15) is 4.79 Å². The van der Waals surface area contributed by atoms with E-state index >= 15 is 0 Å². The zero-order valence-electron chi connectivity index (χ0n) is 18.2. The van der Waals surface area contributed by atoms with Crippen LogP contribution in [0.15, 0.2) is 89.3 Å². The Morgan fingerprint density at radius 2 is 1.69 bits per heavy atom. The Bertz CT molecular complexity index is 1430. The Kier molecular flexibility index (Phi) is 6.61. The van der Waals surface area contributed by atoms with Crippen LogP contribution in [0.25, 0.3) is 17.1 Å². The highest BCUT2D eigenvalue weighted by Crippen LogP contribution is 2.29. The highest BCUT2D eigenvalue weighted by Gasteiger charge is 2.20. The fraction of sp³-hybridized carbons (Fsp3) is 0.0400. The molecule has 0 radical (unpaired) electrons.